The van der Waals surface area contributed by atoms with Crippen LogP contribution in [0.5, 0.6) is 0 Å². The Labute approximate surface area is 120 Å². The molecule has 5 heteroatoms. The number of benzene rings is 1. The molecule has 1 aromatic rings. The molecule has 0 unspecified atom stereocenters. The quantitative estimate of drug-likeness (QED) is 0.828. The Kier molecular flexibility index (Phi) is 6.12. The Bertz CT molecular complexity index is 417. The number of carbonyl (C=O) groups is 1. The van der Waals surface area contributed by atoms with E-state index in [-0.39, 0.29) is 18.3 Å². The molecule has 106 valence electrons. The molecule has 0 bridgehead atoms. The first kappa shape index (κ1) is 15.8. The van der Waals surface area contributed by atoms with Crippen molar-refractivity contribution in [3.8, 4) is 0 Å². The molecule has 0 atom stereocenters. The normalized spacial score (nSPS) is 16.8. The van der Waals surface area contributed by atoms with Crippen molar-refractivity contribution in [3.63, 3.8) is 0 Å². The van der Waals surface area contributed by atoms with Crippen LogP contribution in [-0.2, 0) is 11.3 Å². The number of nitrogens with two attached hydrogens (primary N) is 2. The van der Waals surface area contributed by atoms with Crippen LogP contribution in [0, 0.1) is 5.92 Å². The summed E-state index contributed by atoms with van der Waals surface area (Å²) in [7, 11) is 0. The zero-order valence-electron chi connectivity index (χ0n) is 11.0. The molecular weight excluding hydrogens is 262 g/mol. The SMILES string of the molecule is Cl.NC(=O)CC1CCN(Cc2cccc(N)c2)CC1. The van der Waals surface area contributed by atoms with Crippen LogP contribution in [0.4, 0.5) is 5.69 Å². The Morgan fingerprint density at radius 2 is 2.00 bits per heavy atom. The van der Waals surface area contributed by atoms with Crippen molar-refractivity contribution in [3.05, 3.63) is 29.8 Å². The van der Waals surface area contributed by atoms with E-state index in [9.17, 15) is 4.79 Å². The van der Waals surface area contributed by atoms with Gasteiger partial charge < -0.3 is 11.5 Å². The van der Waals surface area contributed by atoms with E-state index in [0.29, 0.717) is 12.3 Å². The molecule has 2 rings (SSSR count). The highest BCUT2D eigenvalue weighted by Crippen LogP contribution is 2.21. The fourth-order valence-corrected chi connectivity index (χ4v) is 2.58. The molecule has 1 aromatic carbocycles. The number of amides is 1. The van der Waals surface area contributed by atoms with Crippen LogP contribution < -0.4 is 11.5 Å². The third-order valence-electron chi connectivity index (χ3n) is 3.55. The first-order chi connectivity index (χ1) is 8.63. The maximum atomic E-state index is 10.9. The lowest BCUT2D eigenvalue weighted by Gasteiger charge is -2.31. The molecule has 1 aliphatic heterocycles. The average molecular weight is 284 g/mol. The number of rotatable bonds is 4. The number of hydrogen-bond donors (Lipinski definition) is 2. The van der Waals surface area contributed by atoms with Crippen LogP contribution in [0.25, 0.3) is 0 Å². The average Bonchev–Trinajstić information content (AvgIpc) is 2.31. The monoisotopic (exact) mass is 283 g/mol. The summed E-state index contributed by atoms with van der Waals surface area (Å²) in [5.41, 5.74) is 13.1. The van der Waals surface area contributed by atoms with Crippen molar-refractivity contribution in [1.82, 2.24) is 4.90 Å². The van der Waals surface area contributed by atoms with E-state index < -0.39 is 0 Å². The van der Waals surface area contributed by atoms with E-state index in [1.165, 1.54) is 5.56 Å². The second-order valence-corrected chi connectivity index (χ2v) is 5.13. The summed E-state index contributed by atoms with van der Waals surface area (Å²) in [6, 6.07) is 8.02. The van der Waals surface area contributed by atoms with Crippen molar-refractivity contribution in [2.45, 2.75) is 25.8 Å². The number of anilines is 1. The molecule has 1 heterocycles. The zero-order chi connectivity index (χ0) is 13.0. The van der Waals surface area contributed by atoms with Crippen molar-refractivity contribution in [2.24, 2.45) is 11.7 Å². The van der Waals surface area contributed by atoms with Crippen LogP contribution >= 0.6 is 12.4 Å². The van der Waals surface area contributed by atoms with E-state index >= 15 is 0 Å². The number of nitrogens with zero attached hydrogens (tertiary/aromatic N) is 1. The van der Waals surface area contributed by atoms with E-state index in [2.05, 4.69) is 11.0 Å². The van der Waals surface area contributed by atoms with E-state index in [4.69, 9.17) is 11.5 Å². The predicted octanol–water partition coefficient (Wildman–Crippen LogP) is 1.78. The highest BCUT2D eigenvalue weighted by Gasteiger charge is 2.20. The van der Waals surface area contributed by atoms with Crippen LogP contribution in [0.15, 0.2) is 24.3 Å². The second kappa shape index (κ2) is 7.36. The minimum Gasteiger partial charge on any atom is -0.399 e. The van der Waals surface area contributed by atoms with Gasteiger partial charge in [0.15, 0.2) is 0 Å². The topological polar surface area (TPSA) is 72.4 Å². The molecule has 0 aliphatic carbocycles. The largest absolute Gasteiger partial charge is 0.399 e. The fraction of sp³-hybridized carbons (Fsp3) is 0.500. The van der Waals surface area contributed by atoms with Gasteiger partial charge in [0.1, 0.15) is 0 Å². The smallest absolute Gasteiger partial charge is 0.217 e. The van der Waals surface area contributed by atoms with Crippen LogP contribution in [0.2, 0.25) is 0 Å². The van der Waals surface area contributed by atoms with Crippen molar-refractivity contribution in [1.29, 1.82) is 0 Å². The van der Waals surface area contributed by atoms with E-state index in [0.717, 1.165) is 38.2 Å². The van der Waals surface area contributed by atoms with Crippen molar-refractivity contribution in [2.75, 3.05) is 18.8 Å². The number of primary amides is 1. The maximum absolute atomic E-state index is 10.9. The van der Waals surface area contributed by atoms with Crippen molar-refractivity contribution < 1.29 is 4.79 Å². The van der Waals surface area contributed by atoms with Crippen LogP contribution in [-0.4, -0.2) is 23.9 Å². The van der Waals surface area contributed by atoms with E-state index in [1.807, 2.05) is 18.2 Å². The lowest BCUT2D eigenvalue weighted by molar-refractivity contribution is -0.119. The van der Waals surface area contributed by atoms with Gasteiger partial charge in [0.05, 0.1) is 0 Å². The lowest BCUT2D eigenvalue weighted by Crippen LogP contribution is -2.34. The Balaban J connectivity index is 0.00000180. The molecule has 1 aliphatic rings. The molecule has 0 saturated carbocycles. The molecule has 19 heavy (non-hydrogen) atoms. The standard InChI is InChI=1S/C14H21N3O.ClH/c15-13-3-1-2-12(8-13)10-17-6-4-11(5-7-17)9-14(16)18;/h1-3,8,11H,4-7,9-10,15H2,(H2,16,18);1H. The van der Waals surface area contributed by atoms with Gasteiger partial charge in [-0.25, -0.2) is 0 Å². The predicted molar refractivity (Wildman–Crippen MR) is 79.9 cm³/mol. The minimum atomic E-state index is -0.177. The molecule has 4 nitrogen and oxygen atoms in total. The molecule has 0 radical (unpaired) electrons. The highest BCUT2D eigenvalue weighted by atomic mass is 35.5. The second-order valence-electron chi connectivity index (χ2n) is 5.13. The number of hydrogen-bond acceptors (Lipinski definition) is 3. The number of halogens is 1. The molecule has 0 spiro atoms. The number of nitrogen functional groups attached to an aromatic ring is 1. The number of piperidine rings is 1. The fourth-order valence-electron chi connectivity index (χ4n) is 2.58. The maximum Gasteiger partial charge on any atom is 0.217 e. The Hall–Kier alpha value is -1.26. The van der Waals surface area contributed by atoms with E-state index in [1.54, 1.807) is 0 Å². The molecule has 1 amide bonds. The summed E-state index contributed by atoms with van der Waals surface area (Å²) < 4.78 is 0. The third-order valence-corrected chi connectivity index (χ3v) is 3.55. The van der Waals surface area contributed by atoms with Gasteiger partial charge >= 0.3 is 0 Å². The molecule has 1 fully saturated rings. The van der Waals surface area contributed by atoms with Crippen LogP contribution in [0.3, 0.4) is 0 Å². The summed E-state index contributed by atoms with van der Waals surface area (Å²) in [6.07, 6.45) is 2.66. The molecule has 1 saturated heterocycles. The Morgan fingerprint density at radius 3 is 2.58 bits per heavy atom. The van der Waals surface area contributed by atoms with Crippen LogP contribution in [0.1, 0.15) is 24.8 Å². The Morgan fingerprint density at radius 1 is 1.32 bits per heavy atom. The van der Waals surface area contributed by atoms with Gasteiger partial charge in [-0.2, -0.15) is 0 Å². The summed E-state index contributed by atoms with van der Waals surface area (Å²) in [5, 5.41) is 0. The van der Waals surface area contributed by atoms with Gasteiger partial charge in [-0.05, 0) is 49.5 Å². The summed E-state index contributed by atoms with van der Waals surface area (Å²) >= 11 is 0. The first-order valence-electron chi connectivity index (χ1n) is 6.48. The van der Waals surface area contributed by atoms with Crippen molar-refractivity contribution >= 4 is 24.0 Å². The zero-order valence-corrected chi connectivity index (χ0v) is 11.9. The molecule has 4 N–H and O–H groups in total. The third kappa shape index (κ3) is 5.09. The molecule has 0 aromatic heterocycles. The molecular formula is C14H22ClN3O. The first-order valence-corrected chi connectivity index (χ1v) is 6.48. The summed E-state index contributed by atoms with van der Waals surface area (Å²) in [5.74, 6) is 0.295. The van der Waals surface area contributed by atoms with Gasteiger partial charge in [-0.3, -0.25) is 9.69 Å². The number of likely N-dealkylation sites (tertiary alicyclic amines) is 1. The number of carbonyl (C=O) groups excluding carboxylic acids is 1. The lowest BCUT2D eigenvalue weighted by atomic mass is 9.93. The summed E-state index contributed by atoms with van der Waals surface area (Å²) in [4.78, 5) is 13.3. The van der Waals surface area contributed by atoms with Gasteiger partial charge in [-0.15, -0.1) is 12.4 Å². The van der Waals surface area contributed by atoms with Gasteiger partial charge in [-0.1, -0.05) is 12.1 Å². The van der Waals surface area contributed by atoms with Gasteiger partial charge in [0.2, 0.25) is 5.91 Å². The van der Waals surface area contributed by atoms with Gasteiger partial charge in [0, 0.05) is 18.7 Å². The highest BCUT2D eigenvalue weighted by molar-refractivity contribution is 5.85. The summed E-state index contributed by atoms with van der Waals surface area (Å²) in [6.45, 7) is 3.01. The minimum absolute atomic E-state index is 0. The van der Waals surface area contributed by atoms with Gasteiger partial charge in [0.25, 0.3) is 0 Å².